The van der Waals surface area contributed by atoms with Gasteiger partial charge in [-0.25, -0.2) is 9.59 Å². The Balaban J connectivity index is 2.12. The first-order chi connectivity index (χ1) is 17.6. The largest absolute Gasteiger partial charge is 0.462 e. The molecule has 0 bridgehead atoms. The van der Waals surface area contributed by atoms with Crippen molar-refractivity contribution < 1.29 is 28.8 Å². The summed E-state index contributed by atoms with van der Waals surface area (Å²) in [6.07, 6.45) is 0. The van der Waals surface area contributed by atoms with E-state index < -0.39 is 34.7 Å². The van der Waals surface area contributed by atoms with E-state index in [1.807, 2.05) is 0 Å². The number of nitro benzene ring substituents is 1. The third-order valence-electron chi connectivity index (χ3n) is 6.31. The monoisotopic (exact) mass is 504 g/mol. The summed E-state index contributed by atoms with van der Waals surface area (Å²) < 4.78 is 6.98. The number of non-ortho nitro benzene ring substituents is 1. The lowest BCUT2D eigenvalue weighted by Crippen LogP contribution is -2.56. The van der Waals surface area contributed by atoms with Gasteiger partial charge in [0.2, 0.25) is 11.8 Å². The maximum atomic E-state index is 13.4. The highest BCUT2D eigenvalue weighted by Crippen LogP contribution is 2.41. The van der Waals surface area contributed by atoms with Crippen LogP contribution >= 0.6 is 0 Å². The van der Waals surface area contributed by atoms with Crippen LogP contribution in [0.4, 0.5) is 10.5 Å². The molecule has 1 aliphatic rings. The van der Waals surface area contributed by atoms with Crippen LogP contribution in [0.2, 0.25) is 0 Å². The lowest BCUT2D eigenvalue weighted by molar-refractivity contribution is -0.384. The number of likely N-dealkylation sites (N-methyl/N-ethyl adjacent to an activating group) is 2. The molecular formula is C26H24N4O7. The predicted octanol–water partition coefficient (Wildman–Crippen LogP) is 3.67. The number of aromatic nitrogens is 1. The van der Waals surface area contributed by atoms with Gasteiger partial charge >= 0.3 is 12.0 Å². The van der Waals surface area contributed by atoms with Crippen LogP contribution in [0.1, 0.15) is 34.5 Å². The highest BCUT2D eigenvalue weighted by Gasteiger charge is 2.47. The Morgan fingerprint density at radius 3 is 2.05 bits per heavy atom. The molecule has 37 heavy (non-hydrogen) atoms. The van der Waals surface area contributed by atoms with Crippen LogP contribution in [0.3, 0.4) is 0 Å². The predicted molar refractivity (Wildman–Crippen MR) is 132 cm³/mol. The normalized spacial score (nSPS) is 14.3. The number of barbiturate groups is 1. The molecule has 11 heteroatoms. The van der Waals surface area contributed by atoms with Crippen molar-refractivity contribution in [2.75, 3.05) is 20.7 Å². The average molecular weight is 504 g/mol. The van der Waals surface area contributed by atoms with E-state index >= 15 is 0 Å². The molecule has 1 saturated heterocycles. The second-order valence-corrected chi connectivity index (χ2v) is 8.43. The Morgan fingerprint density at radius 1 is 0.973 bits per heavy atom. The maximum absolute atomic E-state index is 13.4. The zero-order valence-corrected chi connectivity index (χ0v) is 20.6. The summed E-state index contributed by atoms with van der Waals surface area (Å²) >= 11 is 0. The van der Waals surface area contributed by atoms with Gasteiger partial charge in [-0.15, -0.1) is 0 Å². The number of amides is 4. The zero-order chi connectivity index (χ0) is 27.0. The Hall–Kier alpha value is -4.80. The number of imide groups is 2. The fourth-order valence-corrected chi connectivity index (χ4v) is 4.54. The van der Waals surface area contributed by atoms with Gasteiger partial charge in [-0.3, -0.25) is 29.5 Å². The number of esters is 1. The first kappa shape index (κ1) is 25.3. The lowest BCUT2D eigenvalue weighted by atomic mass is 9.88. The number of rotatable bonds is 6. The van der Waals surface area contributed by atoms with E-state index in [1.165, 1.54) is 38.4 Å². The first-order valence-electron chi connectivity index (χ1n) is 11.4. The fourth-order valence-electron chi connectivity index (χ4n) is 4.54. The molecule has 3 aromatic rings. The first-order valence-corrected chi connectivity index (χ1v) is 11.4. The molecule has 0 N–H and O–H groups in total. The summed E-state index contributed by atoms with van der Waals surface area (Å²) in [6.45, 7) is 3.32. The van der Waals surface area contributed by atoms with E-state index in [4.69, 9.17) is 4.74 Å². The number of nitro groups is 1. The molecule has 1 fully saturated rings. The third-order valence-corrected chi connectivity index (χ3v) is 6.31. The van der Waals surface area contributed by atoms with E-state index in [-0.39, 0.29) is 23.4 Å². The number of carbonyl (C=O) groups excluding carboxylic acids is 4. The fraction of sp³-hybridized carbons (Fsp3) is 0.231. The second kappa shape index (κ2) is 9.69. The molecule has 0 unspecified atom stereocenters. The van der Waals surface area contributed by atoms with Crippen molar-refractivity contribution in [3.05, 3.63) is 81.5 Å². The zero-order valence-electron chi connectivity index (χ0n) is 20.6. The lowest BCUT2D eigenvalue weighted by Gasteiger charge is -2.33. The quantitative estimate of drug-likeness (QED) is 0.216. The number of ether oxygens (including phenoxy) is 1. The number of urea groups is 1. The Bertz CT molecular complexity index is 1400. The highest BCUT2D eigenvalue weighted by atomic mass is 16.6. The summed E-state index contributed by atoms with van der Waals surface area (Å²) in [4.78, 5) is 64.9. The van der Waals surface area contributed by atoms with Crippen molar-refractivity contribution in [2.45, 2.75) is 19.8 Å². The number of carbonyl (C=O) groups is 4. The average Bonchev–Trinajstić information content (AvgIpc) is 3.19. The SMILES string of the molecule is CCOC(=O)c1c(C2C(=O)N(C)C(=O)N(C)C2=O)c(-c2ccccc2)n(-c2ccc([N+](=O)[O-])cc2)c1C. The van der Waals surface area contributed by atoms with Gasteiger partial charge in [0.05, 0.1) is 22.8 Å². The molecule has 0 radical (unpaired) electrons. The van der Waals surface area contributed by atoms with Crippen molar-refractivity contribution in [3.63, 3.8) is 0 Å². The molecule has 0 saturated carbocycles. The summed E-state index contributed by atoms with van der Waals surface area (Å²) in [5.41, 5.74) is 1.76. The molecular weight excluding hydrogens is 480 g/mol. The molecule has 4 amide bonds. The van der Waals surface area contributed by atoms with Gasteiger partial charge in [-0.1, -0.05) is 30.3 Å². The van der Waals surface area contributed by atoms with Gasteiger partial charge in [0.15, 0.2) is 0 Å². The molecule has 1 aromatic heterocycles. The minimum Gasteiger partial charge on any atom is -0.462 e. The molecule has 0 aliphatic carbocycles. The van der Waals surface area contributed by atoms with Crippen molar-refractivity contribution in [2.24, 2.45) is 0 Å². The summed E-state index contributed by atoms with van der Waals surface area (Å²) in [6, 6.07) is 13.7. The number of benzene rings is 2. The van der Waals surface area contributed by atoms with E-state index in [1.54, 1.807) is 48.7 Å². The van der Waals surface area contributed by atoms with Gasteiger partial charge in [0.25, 0.3) is 5.69 Å². The Labute approximate surface area is 212 Å². The van der Waals surface area contributed by atoms with Crippen LogP contribution < -0.4 is 0 Å². The minimum atomic E-state index is -1.50. The van der Waals surface area contributed by atoms with Crippen molar-refractivity contribution in [3.8, 4) is 16.9 Å². The molecule has 11 nitrogen and oxygen atoms in total. The summed E-state index contributed by atoms with van der Waals surface area (Å²) in [5.74, 6) is -3.80. The molecule has 4 rings (SSSR count). The van der Waals surface area contributed by atoms with E-state index in [2.05, 4.69) is 0 Å². The van der Waals surface area contributed by atoms with Gasteiger partial charge in [-0.05, 0) is 31.5 Å². The van der Waals surface area contributed by atoms with Crippen molar-refractivity contribution >= 4 is 29.5 Å². The summed E-state index contributed by atoms with van der Waals surface area (Å²) in [7, 11) is 2.54. The molecule has 0 spiro atoms. The van der Waals surface area contributed by atoms with Crippen LogP contribution in [-0.2, 0) is 14.3 Å². The number of nitrogens with zero attached hydrogens (tertiary/aromatic N) is 4. The van der Waals surface area contributed by atoms with Crippen molar-refractivity contribution in [1.29, 1.82) is 0 Å². The van der Waals surface area contributed by atoms with E-state index in [9.17, 15) is 29.3 Å². The van der Waals surface area contributed by atoms with Crippen LogP contribution in [0.5, 0.6) is 0 Å². The molecule has 2 heterocycles. The standard InChI is InChI=1S/C26H24N4O7/c1-5-37-25(33)19-15(2)29(17-11-13-18(14-12-17)30(35)36)22(16-9-7-6-8-10-16)20(19)21-23(31)27(3)26(34)28(4)24(21)32/h6-14,21H,5H2,1-4H3. The van der Waals surface area contributed by atoms with Crippen LogP contribution in [0, 0.1) is 17.0 Å². The Morgan fingerprint density at radius 2 is 1.54 bits per heavy atom. The summed E-state index contributed by atoms with van der Waals surface area (Å²) in [5, 5.41) is 11.2. The van der Waals surface area contributed by atoms with Crippen LogP contribution in [0.15, 0.2) is 54.6 Å². The molecule has 190 valence electrons. The third kappa shape index (κ3) is 4.14. The molecule has 0 atom stereocenters. The highest BCUT2D eigenvalue weighted by molar-refractivity contribution is 6.20. The second-order valence-electron chi connectivity index (χ2n) is 8.43. The van der Waals surface area contributed by atoms with Gasteiger partial charge in [0.1, 0.15) is 5.92 Å². The van der Waals surface area contributed by atoms with Crippen LogP contribution in [0.25, 0.3) is 16.9 Å². The smallest absolute Gasteiger partial charge is 0.340 e. The maximum Gasteiger partial charge on any atom is 0.340 e. The van der Waals surface area contributed by atoms with Gasteiger partial charge < -0.3 is 9.30 Å². The number of hydrogen-bond donors (Lipinski definition) is 0. The van der Waals surface area contributed by atoms with Crippen LogP contribution in [-0.4, -0.2) is 63.8 Å². The molecule has 1 aliphatic heterocycles. The topological polar surface area (TPSA) is 132 Å². The van der Waals surface area contributed by atoms with Gasteiger partial charge in [0, 0.05) is 43.2 Å². The van der Waals surface area contributed by atoms with Crippen molar-refractivity contribution in [1.82, 2.24) is 14.4 Å². The minimum absolute atomic E-state index is 0.0157. The number of hydrogen-bond acceptors (Lipinski definition) is 7. The van der Waals surface area contributed by atoms with E-state index in [0.29, 0.717) is 22.6 Å². The molecule has 2 aromatic carbocycles. The Kier molecular flexibility index (Phi) is 6.62. The van der Waals surface area contributed by atoms with E-state index in [0.717, 1.165) is 9.80 Å². The van der Waals surface area contributed by atoms with Gasteiger partial charge in [-0.2, -0.15) is 0 Å².